The van der Waals surface area contributed by atoms with Crippen LogP contribution in [0, 0.1) is 6.92 Å². The van der Waals surface area contributed by atoms with Crippen molar-refractivity contribution in [2.75, 3.05) is 0 Å². The van der Waals surface area contributed by atoms with Crippen molar-refractivity contribution in [3.8, 4) is 11.1 Å². The molecule has 3 heterocycles. The third-order valence-electron chi connectivity index (χ3n) is 6.73. The topological polar surface area (TPSA) is 156 Å². The lowest BCUT2D eigenvalue weighted by Crippen LogP contribution is -2.37. The van der Waals surface area contributed by atoms with Gasteiger partial charge < -0.3 is 23.2 Å². The van der Waals surface area contributed by atoms with Crippen LogP contribution in [0.25, 0.3) is 11.1 Å². The number of nitrogens with zero attached hydrogens (tertiary/aromatic N) is 4. The van der Waals surface area contributed by atoms with Crippen LogP contribution in [-0.2, 0) is 29.9 Å². The van der Waals surface area contributed by atoms with Crippen LogP contribution in [0.2, 0.25) is 0 Å². The highest BCUT2D eigenvalue weighted by molar-refractivity contribution is 6.07. The van der Waals surface area contributed by atoms with Crippen molar-refractivity contribution in [3.63, 3.8) is 0 Å². The number of aliphatic hydroxyl groups is 1. The summed E-state index contributed by atoms with van der Waals surface area (Å²) in [7, 11) is 0. The average molecular weight is 573 g/mol. The van der Waals surface area contributed by atoms with Crippen LogP contribution in [0.3, 0.4) is 0 Å². The molecule has 0 saturated carbocycles. The fourth-order valence-corrected chi connectivity index (χ4v) is 4.71. The Labute approximate surface area is 241 Å². The molecule has 0 spiro atoms. The molecular weight excluding hydrogens is 540 g/mol. The zero-order valence-corrected chi connectivity index (χ0v) is 23.8. The molecule has 12 nitrogen and oxygen atoms in total. The van der Waals surface area contributed by atoms with E-state index in [0.717, 1.165) is 28.7 Å². The first-order chi connectivity index (χ1) is 20.2. The molecule has 0 aliphatic carbocycles. The second kappa shape index (κ2) is 11.9. The molecule has 218 valence electrons. The molecule has 0 fully saturated rings. The van der Waals surface area contributed by atoms with E-state index in [1.54, 1.807) is 25.3 Å². The van der Waals surface area contributed by atoms with Gasteiger partial charge in [-0.2, -0.15) is 0 Å². The van der Waals surface area contributed by atoms with Crippen molar-refractivity contribution in [2.45, 2.75) is 59.3 Å². The van der Waals surface area contributed by atoms with Crippen LogP contribution >= 0.6 is 0 Å². The van der Waals surface area contributed by atoms with Gasteiger partial charge in [-0.25, -0.2) is 25.1 Å². The normalized spacial score (nSPS) is 12.9. The quantitative estimate of drug-likeness (QED) is 0.241. The first-order valence-electron chi connectivity index (χ1n) is 13.5. The molecule has 42 heavy (non-hydrogen) atoms. The Bertz CT molecular complexity index is 1710. The Hall–Kier alpha value is -4.97. The number of ether oxygens (including phenoxy) is 1. The average Bonchev–Trinajstić information content (AvgIpc) is 3.51. The molecule has 0 atom stereocenters. The number of rotatable bonds is 10. The minimum atomic E-state index is -1.41. The number of hydrogen-bond acceptors (Lipinski definition) is 11. The van der Waals surface area contributed by atoms with Crippen molar-refractivity contribution >= 4 is 18.1 Å². The monoisotopic (exact) mass is 572 g/mol. The van der Waals surface area contributed by atoms with Gasteiger partial charge in [-0.1, -0.05) is 55.5 Å². The largest absolute Gasteiger partial charge is 0.519 e. The number of hydrazone groups is 1. The SMILES string of the molecule is CCCc1nc(C(C)(C)O)c(C(=O)OCc2oc(=O)oc2C)n1Cc1ccc(-c2ccccc2C2=NC=NNN2)cc1. The summed E-state index contributed by atoms with van der Waals surface area (Å²) in [5, 5.41) is 14.8. The van der Waals surface area contributed by atoms with Gasteiger partial charge in [0.15, 0.2) is 29.7 Å². The first kappa shape index (κ1) is 28.6. The number of nitrogens with one attached hydrogen (secondary N) is 2. The van der Waals surface area contributed by atoms with Crippen LogP contribution in [0.1, 0.15) is 71.8 Å². The number of aliphatic imine (C=N–C) groups is 1. The van der Waals surface area contributed by atoms with E-state index < -0.39 is 17.4 Å². The summed E-state index contributed by atoms with van der Waals surface area (Å²) in [5.41, 5.74) is 8.41. The molecule has 2 aromatic heterocycles. The summed E-state index contributed by atoms with van der Waals surface area (Å²) in [4.78, 5) is 33.9. The number of hydrogen-bond donors (Lipinski definition) is 3. The van der Waals surface area contributed by atoms with E-state index >= 15 is 0 Å². The van der Waals surface area contributed by atoms with Gasteiger partial charge in [0, 0.05) is 18.5 Å². The molecule has 4 aromatic rings. The maximum absolute atomic E-state index is 13.5. The molecule has 1 aliphatic rings. The van der Waals surface area contributed by atoms with E-state index in [-0.39, 0.29) is 29.5 Å². The highest BCUT2D eigenvalue weighted by Crippen LogP contribution is 2.29. The van der Waals surface area contributed by atoms with E-state index in [4.69, 9.17) is 13.6 Å². The van der Waals surface area contributed by atoms with Crippen LogP contribution in [0.5, 0.6) is 0 Å². The van der Waals surface area contributed by atoms with E-state index in [0.29, 0.717) is 24.6 Å². The smallest absolute Gasteiger partial charge is 0.453 e. The number of aromatic nitrogens is 2. The molecule has 0 radical (unpaired) electrons. The van der Waals surface area contributed by atoms with Gasteiger partial charge in [0.1, 0.15) is 23.5 Å². The second-order valence-electron chi connectivity index (χ2n) is 10.3. The summed E-state index contributed by atoms with van der Waals surface area (Å²) >= 11 is 0. The molecule has 1 aliphatic heterocycles. The van der Waals surface area contributed by atoms with E-state index in [9.17, 15) is 14.7 Å². The molecule has 0 unspecified atom stereocenters. The van der Waals surface area contributed by atoms with Gasteiger partial charge in [0.25, 0.3) is 0 Å². The zero-order valence-electron chi connectivity index (χ0n) is 23.8. The molecule has 2 aromatic carbocycles. The van der Waals surface area contributed by atoms with Crippen LogP contribution in [0.15, 0.2) is 72.3 Å². The third kappa shape index (κ3) is 6.03. The van der Waals surface area contributed by atoms with Gasteiger partial charge in [-0.05, 0) is 43.9 Å². The molecule has 12 heteroatoms. The summed E-state index contributed by atoms with van der Waals surface area (Å²) < 4.78 is 17.1. The van der Waals surface area contributed by atoms with E-state index in [1.807, 2.05) is 55.5 Å². The molecule has 0 bridgehead atoms. The Morgan fingerprint density at radius 1 is 1.10 bits per heavy atom. The fraction of sp³-hybridized carbons (Fsp3) is 0.300. The summed E-state index contributed by atoms with van der Waals surface area (Å²) in [6.07, 6.45) is 2.81. The highest BCUT2D eigenvalue weighted by Gasteiger charge is 2.33. The number of amidine groups is 1. The van der Waals surface area contributed by atoms with Crippen molar-refractivity contribution < 1.29 is 23.5 Å². The maximum Gasteiger partial charge on any atom is 0.519 e. The number of aryl methyl sites for hydroxylation is 2. The predicted octanol–water partition coefficient (Wildman–Crippen LogP) is 3.79. The van der Waals surface area contributed by atoms with Crippen LogP contribution in [0.4, 0.5) is 0 Å². The predicted molar refractivity (Wildman–Crippen MR) is 155 cm³/mol. The minimum absolute atomic E-state index is 0.117. The molecule has 0 saturated heterocycles. The number of carbonyl (C=O) groups is 1. The van der Waals surface area contributed by atoms with Gasteiger partial charge in [-0.3, -0.25) is 5.43 Å². The summed E-state index contributed by atoms with van der Waals surface area (Å²) in [6.45, 7) is 6.73. The number of benzene rings is 2. The Morgan fingerprint density at radius 2 is 1.83 bits per heavy atom. The molecule has 0 amide bonds. The second-order valence-corrected chi connectivity index (χ2v) is 10.3. The Balaban J connectivity index is 1.47. The van der Waals surface area contributed by atoms with Gasteiger partial charge in [-0.15, -0.1) is 5.10 Å². The van der Waals surface area contributed by atoms with Gasteiger partial charge in [0.05, 0.1) is 0 Å². The van der Waals surface area contributed by atoms with Crippen LogP contribution in [-0.4, -0.2) is 32.8 Å². The van der Waals surface area contributed by atoms with Crippen molar-refractivity contribution in [3.05, 3.63) is 99.0 Å². The van der Waals surface area contributed by atoms with Crippen molar-refractivity contribution in [1.82, 2.24) is 20.5 Å². The lowest BCUT2D eigenvalue weighted by molar-refractivity contribution is 0.0395. The minimum Gasteiger partial charge on any atom is -0.453 e. The lowest BCUT2D eigenvalue weighted by Gasteiger charge is -2.18. The first-order valence-corrected chi connectivity index (χ1v) is 13.5. The summed E-state index contributed by atoms with van der Waals surface area (Å²) in [5.74, 6) is 0.0794. The standard InChI is InChI=1S/C30H32N6O6/c1-5-8-24-33-26(30(3,4)39)25(28(37)40-16-23-18(2)41-29(38)42-23)36(24)15-19-11-13-20(14-12-19)21-9-6-7-10-22(21)27-31-17-32-35-34-27/h6-7,9-14,17,35,39H,5,8,15-16H2,1-4H3,(H,31,32,34). The number of esters is 1. The number of imidazole rings is 1. The maximum atomic E-state index is 13.5. The zero-order chi connectivity index (χ0) is 29.9. The van der Waals surface area contributed by atoms with E-state index in [1.165, 1.54) is 6.34 Å². The van der Waals surface area contributed by atoms with E-state index in [2.05, 4.69) is 26.0 Å². The molecule has 3 N–H and O–H groups in total. The van der Waals surface area contributed by atoms with Crippen molar-refractivity contribution in [1.29, 1.82) is 0 Å². The fourth-order valence-electron chi connectivity index (χ4n) is 4.71. The van der Waals surface area contributed by atoms with Crippen molar-refractivity contribution in [2.24, 2.45) is 10.1 Å². The Morgan fingerprint density at radius 3 is 2.45 bits per heavy atom. The van der Waals surface area contributed by atoms with Crippen LogP contribution < -0.4 is 16.8 Å². The van der Waals surface area contributed by atoms with Gasteiger partial charge >= 0.3 is 11.8 Å². The molecular formula is C30H32N6O6. The summed E-state index contributed by atoms with van der Waals surface area (Å²) in [6, 6.07) is 15.9. The number of carbonyl (C=O) groups excluding carboxylic acids is 1. The molecule has 5 rings (SSSR count). The number of hydrazine groups is 1. The third-order valence-corrected chi connectivity index (χ3v) is 6.73. The Kier molecular flexibility index (Phi) is 8.07. The van der Waals surface area contributed by atoms with Gasteiger partial charge in [0.2, 0.25) is 0 Å². The highest BCUT2D eigenvalue weighted by atomic mass is 16.6. The lowest BCUT2D eigenvalue weighted by atomic mass is 9.98.